The van der Waals surface area contributed by atoms with Gasteiger partial charge in [-0.25, -0.2) is 0 Å². The second-order valence-corrected chi connectivity index (χ2v) is 4.82. The van der Waals surface area contributed by atoms with Gasteiger partial charge in [-0.05, 0) is 19.9 Å². The van der Waals surface area contributed by atoms with E-state index in [1.807, 2.05) is 0 Å². The predicted molar refractivity (Wildman–Crippen MR) is 66.7 cm³/mol. The van der Waals surface area contributed by atoms with E-state index < -0.39 is 16.4 Å². The Kier molecular flexibility index (Phi) is 4.26. The number of aliphatic hydroxyl groups excluding tert-OH is 1. The molecule has 1 aromatic rings. The summed E-state index contributed by atoms with van der Waals surface area (Å²) in [6.45, 7) is 2.98. The van der Waals surface area contributed by atoms with Crippen LogP contribution in [-0.2, 0) is 0 Å². The van der Waals surface area contributed by atoms with Gasteiger partial charge in [0.25, 0.3) is 11.6 Å². The third-order valence-corrected chi connectivity index (χ3v) is 2.58. The van der Waals surface area contributed by atoms with Gasteiger partial charge < -0.3 is 10.4 Å². The van der Waals surface area contributed by atoms with E-state index >= 15 is 0 Å². The molecule has 7 heteroatoms. The van der Waals surface area contributed by atoms with E-state index in [4.69, 9.17) is 16.7 Å². The van der Waals surface area contributed by atoms with E-state index in [0.717, 1.165) is 6.07 Å². The summed E-state index contributed by atoms with van der Waals surface area (Å²) >= 11 is 5.82. The Hall–Kier alpha value is -1.66. The van der Waals surface area contributed by atoms with Crippen molar-refractivity contribution in [3.63, 3.8) is 0 Å². The largest absolute Gasteiger partial charge is 0.394 e. The molecule has 18 heavy (non-hydrogen) atoms. The third kappa shape index (κ3) is 3.41. The highest BCUT2D eigenvalue weighted by Gasteiger charge is 2.23. The van der Waals surface area contributed by atoms with Gasteiger partial charge in [0.2, 0.25) is 0 Å². The molecule has 0 aliphatic carbocycles. The molecule has 0 aliphatic heterocycles. The van der Waals surface area contributed by atoms with Crippen molar-refractivity contribution in [2.45, 2.75) is 19.4 Å². The Labute approximate surface area is 109 Å². The molecule has 0 heterocycles. The van der Waals surface area contributed by atoms with Gasteiger partial charge in [0.1, 0.15) is 0 Å². The van der Waals surface area contributed by atoms with Crippen molar-refractivity contribution in [2.24, 2.45) is 0 Å². The highest BCUT2D eigenvalue weighted by atomic mass is 35.5. The standard InChI is InChI=1S/C11H13ClN2O4/c1-11(2,6-15)13-10(16)8-5-7(14(17)18)3-4-9(8)12/h3-5,15H,6H2,1-2H3,(H,13,16). The summed E-state index contributed by atoms with van der Waals surface area (Å²) < 4.78 is 0. The van der Waals surface area contributed by atoms with Crippen molar-refractivity contribution in [1.29, 1.82) is 0 Å². The molecule has 1 aromatic carbocycles. The lowest BCUT2D eigenvalue weighted by Crippen LogP contribution is -2.46. The molecule has 0 aromatic heterocycles. The maximum Gasteiger partial charge on any atom is 0.270 e. The van der Waals surface area contributed by atoms with Crippen LogP contribution >= 0.6 is 11.6 Å². The maximum absolute atomic E-state index is 11.9. The fraction of sp³-hybridized carbons (Fsp3) is 0.364. The summed E-state index contributed by atoms with van der Waals surface area (Å²) in [6, 6.07) is 3.61. The number of hydrogen-bond donors (Lipinski definition) is 2. The van der Waals surface area contributed by atoms with E-state index in [2.05, 4.69) is 5.32 Å². The zero-order valence-corrected chi connectivity index (χ0v) is 10.7. The lowest BCUT2D eigenvalue weighted by molar-refractivity contribution is -0.384. The van der Waals surface area contributed by atoms with Gasteiger partial charge in [0, 0.05) is 12.1 Å². The second-order valence-electron chi connectivity index (χ2n) is 4.42. The summed E-state index contributed by atoms with van der Waals surface area (Å²) in [5.41, 5.74) is -1.04. The van der Waals surface area contributed by atoms with Crippen molar-refractivity contribution in [3.05, 3.63) is 38.9 Å². The van der Waals surface area contributed by atoms with E-state index in [9.17, 15) is 14.9 Å². The molecule has 0 fully saturated rings. The van der Waals surface area contributed by atoms with Gasteiger partial charge in [0.15, 0.2) is 0 Å². The first-order valence-corrected chi connectivity index (χ1v) is 5.52. The molecule has 0 saturated heterocycles. The molecule has 2 N–H and O–H groups in total. The van der Waals surface area contributed by atoms with Crippen LogP contribution in [0.2, 0.25) is 5.02 Å². The number of nitro benzene ring substituents is 1. The number of nitro groups is 1. The van der Waals surface area contributed by atoms with Crippen LogP contribution in [-0.4, -0.2) is 28.1 Å². The predicted octanol–water partition coefficient (Wildman–Crippen LogP) is 1.75. The summed E-state index contributed by atoms with van der Waals surface area (Å²) in [6.07, 6.45) is 0. The van der Waals surface area contributed by atoms with Crippen LogP contribution in [0.15, 0.2) is 18.2 Å². The number of nitrogens with zero attached hydrogens (tertiary/aromatic N) is 1. The summed E-state index contributed by atoms with van der Waals surface area (Å²) in [7, 11) is 0. The number of aliphatic hydroxyl groups is 1. The van der Waals surface area contributed by atoms with Crippen LogP contribution in [0.25, 0.3) is 0 Å². The monoisotopic (exact) mass is 272 g/mol. The highest BCUT2D eigenvalue weighted by Crippen LogP contribution is 2.22. The van der Waals surface area contributed by atoms with Gasteiger partial charge in [-0.15, -0.1) is 0 Å². The molecule has 6 nitrogen and oxygen atoms in total. The minimum Gasteiger partial charge on any atom is -0.394 e. The average molecular weight is 273 g/mol. The van der Waals surface area contributed by atoms with Gasteiger partial charge >= 0.3 is 0 Å². The van der Waals surface area contributed by atoms with Gasteiger partial charge in [-0.2, -0.15) is 0 Å². The number of nitrogens with one attached hydrogen (secondary N) is 1. The van der Waals surface area contributed by atoms with E-state index in [1.165, 1.54) is 12.1 Å². The number of benzene rings is 1. The van der Waals surface area contributed by atoms with E-state index in [0.29, 0.717) is 0 Å². The van der Waals surface area contributed by atoms with Crippen molar-refractivity contribution < 1.29 is 14.8 Å². The summed E-state index contributed by atoms with van der Waals surface area (Å²) in [5.74, 6) is -0.567. The molecular weight excluding hydrogens is 260 g/mol. The number of non-ortho nitro benzene ring substituents is 1. The number of rotatable bonds is 4. The quantitative estimate of drug-likeness (QED) is 0.645. The van der Waals surface area contributed by atoms with Gasteiger partial charge in [-0.1, -0.05) is 11.6 Å². The Bertz CT molecular complexity index is 488. The minimum absolute atomic E-state index is 0.00684. The molecule has 0 aliphatic rings. The molecular formula is C11H13ClN2O4. The van der Waals surface area contributed by atoms with E-state index in [1.54, 1.807) is 13.8 Å². The fourth-order valence-electron chi connectivity index (χ4n) is 1.22. The Morgan fingerprint density at radius 1 is 1.56 bits per heavy atom. The first-order chi connectivity index (χ1) is 8.26. The topological polar surface area (TPSA) is 92.5 Å². The molecule has 1 amide bonds. The van der Waals surface area contributed by atoms with E-state index in [-0.39, 0.29) is 22.9 Å². The van der Waals surface area contributed by atoms with Crippen molar-refractivity contribution in [2.75, 3.05) is 6.61 Å². The lowest BCUT2D eigenvalue weighted by Gasteiger charge is -2.23. The molecule has 1 rings (SSSR count). The maximum atomic E-state index is 11.9. The van der Waals surface area contributed by atoms with Crippen molar-refractivity contribution in [3.8, 4) is 0 Å². The minimum atomic E-state index is -0.828. The Morgan fingerprint density at radius 2 is 2.17 bits per heavy atom. The molecule has 0 radical (unpaired) electrons. The summed E-state index contributed by atoms with van der Waals surface area (Å²) in [4.78, 5) is 21.9. The molecule has 0 saturated carbocycles. The number of carbonyl (C=O) groups excluding carboxylic acids is 1. The highest BCUT2D eigenvalue weighted by molar-refractivity contribution is 6.34. The smallest absolute Gasteiger partial charge is 0.270 e. The summed E-state index contributed by atoms with van der Waals surface area (Å²) in [5, 5.41) is 22.3. The van der Waals surface area contributed by atoms with Gasteiger partial charge in [0.05, 0.1) is 27.7 Å². The van der Waals surface area contributed by atoms with Crippen LogP contribution in [0.3, 0.4) is 0 Å². The van der Waals surface area contributed by atoms with Crippen molar-refractivity contribution in [1.82, 2.24) is 5.32 Å². The van der Waals surface area contributed by atoms with Crippen LogP contribution in [0.4, 0.5) is 5.69 Å². The van der Waals surface area contributed by atoms with Crippen molar-refractivity contribution >= 4 is 23.2 Å². The molecule has 0 spiro atoms. The second kappa shape index (κ2) is 5.32. The first kappa shape index (κ1) is 14.4. The zero-order chi connectivity index (χ0) is 13.9. The molecule has 98 valence electrons. The lowest BCUT2D eigenvalue weighted by atomic mass is 10.1. The van der Waals surface area contributed by atoms with Crippen LogP contribution < -0.4 is 5.32 Å². The Balaban J connectivity index is 3.05. The molecule has 0 unspecified atom stereocenters. The molecule has 0 bridgehead atoms. The fourth-order valence-corrected chi connectivity index (χ4v) is 1.42. The number of hydrogen-bond acceptors (Lipinski definition) is 4. The molecule has 0 atom stereocenters. The third-order valence-electron chi connectivity index (χ3n) is 2.25. The number of halogens is 1. The van der Waals surface area contributed by atoms with Gasteiger partial charge in [-0.3, -0.25) is 14.9 Å². The Morgan fingerprint density at radius 3 is 2.67 bits per heavy atom. The van der Waals surface area contributed by atoms with Crippen LogP contribution in [0.5, 0.6) is 0 Å². The SMILES string of the molecule is CC(C)(CO)NC(=O)c1cc([N+](=O)[O-])ccc1Cl. The average Bonchev–Trinajstić information content (AvgIpc) is 2.28. The normalized spacial score (nSPS) is 11.1. The zero-order valence-electron chi connectivity index (χ0n) is 9.94. The first-order valence-electron chi connectivity index (χ1n) is 5.14. The van der Waals surface area contributed by atoms with Crippen LogP contribution in [0.1, 0.15) is 24.2 Å². The van der Waals surface area contributed by atoms with Crippen LogP contribution in [0, 0.1) is 10.1 Å². The number of carbonyl (C=O) groups is 1. The number of amides is 1.